The number of H-pyrrole nitrogens is 1. The monoisotopic (exact) mass is 290 g/mol. The van der Waals surface area contributed by atoms with Gasteiger partial charge in [-0.15, -0.1) is 0 Å². The number of aromatic amines is 1. The molecule has 3 rings (SSSR count). The predicted molar refractivity (Wildman–Crippen MR) is 78.7 cm³/mol. The van der Waals surface area contributed by atoms with Gasteiger partial charge in [-0.05, 0) is 31.2 Å². The van der Waals surface area contributed by atoms with E-state index in [9.17, 15) is 14.4 Å². The van der Waals surface area contributed by atoms with Crippen molar-refractivity contribution in [1.29, 1.82) is 0 Å². The van der Waals surface area contributed by atoms with Gasteiger partial charge in [-0.25, -0.2) is 9.59 Å². The first-order valence-electron chi connectivity index (χ1n) is 7.40. The summed E-state index contributed by atoms with van der Waals surface area (Å²) in [5.41, 5.74) is -0.808. The molecule has 0 bridgehead atoms. The van der Waals surface area contributed by atoms with Crippen LogP contribution < -0.4 is 16.9 Å². The first kappa shape index (κ1) is 13.9. The van der Waals surface area contributed by atoms with Gasteiger partial charge in [-0.1, -0.05) is 19.3 Å². The summed E-state index contributed by atoms with van der Waals surface area (Å²) in [6.45, 7) is 2.01. The summed E-state index contributed by atoms with van der Waals surface area (Å²) >= 11 is 0. The van der Waals surface area contributed by atoms with Crippen molar-refractivity contribution < 1.29 is 4.42 Å². The Bertz CT molecular complexity index is 839. The van der Waals surface area contributed by atoms with Crippen LogP contribution in [0.2, 0.25) is 0 Å². The number of hydrogen-bond donors (Lipinski definition) is 1. The maximum atomic E-state index is 12.4. The summed E-state index contributed by atoms with van der Waals surface area (Å²) in [6, 6.07) is 1.37. The van der Waals surface area contributed by atoms with Crippen molar-refractivity contribution in [2.24, 2.45) is 5.92 Å². The number of hydrogen-bond acceptors (Lipinski definition) is 4. The molecule has 0 radical (unpaired) electrons. The lowest BCUT2D eigenvalue weighted by molar-refractivity contribution is 0.536. The molecule has 1 aliphatic rings. The Kier molecular flexibility index (Phi) is 3.53. The van der Waals surface area contributed by atoms with Gasteiger partial charge in [0.1, 0.15) is 5.39 Å². The lowest BCUT2D eigenvalue weighted by Gasteiger charge is -2.07. The van der Waals surface area contributed by atoms with Crippen LogP contribution in [-0.4, -0.2) is 9.55 Å². The highest BCUT2D eigenvalue weighted by molar-refractivity contribution is 5.75. The van der Waals surface area contributed by atoms with Crippen LogP contribution in [0.4, 0.5) is 0 Å². The number of nitrogens with zero attached hydrogens (tertiary/aromatic N) is 1. The zero-order valence-corrected chi connectivity index (χ0v) is 12.0. The molecule has 112 valence electrons. The molecule has 1 saturated carbocycles. The lowest BCUT2D eigenvalue weighted by Crippen LogP contribution is -2.35. The Morgan fingerprint density at radius 3 is 2.76 bits per heavy atom. The van der Waals surface area contributed by atoms with Crippen LogP contribution in [-0.2, 0) is 13.0 Å². The molecular formula is C15H18N2O4. The van der Waals surface area contributed by atoms with Crippen LogP contribution in [0.5, 0.6) is 0 Å². The van der Waals surface area contributed by atoms with E-state index in [1.807, 2.05) is 0 Å². The molecule has 1 N–H and O–H groups in total. The largest absolute Gasteiger partial charge is 0.405 e. The summed E-state index contributed by atoms with van der Waals surface area (Å²) in [5.74, 6) is 0.809. The number of aromatic nitrogens is 2. The van der Waals surface area contributed by atoms with Crippen LogP contribution in [0.3, 0.4) is 0 Å². The number of rotatable bonds is 5. The zero-order chi connectivity index (χ0) is 15.0. The standard InChI is InChI=1S/C15H18N2O4/c1-2-17-14(19)12-10(5-3-4-9-6-7-9)8-11(18)21-13(12)16-15(17)20/h8-9H,2-7H2,1H3,(H,16,20). The number of fused-ring (bicyclic) bond motifs is 1. The highest BCUT2D eigenvalue weighted by atomic mass is 16.4. The fraction of sp³-hybridized carbons (Fsp3) is 0.533. The van der Waals surface area contributed by atoms with Crippen LogP contribution in [0.15, 0.2) is 24.9 Å². The van der Waals surface area contributed by atoms with E-state index in [0.717, 1.165) is 23.3 Å². The molecule has 2 heterocycles. The second-order valence-electron chi connectivity index (χ2n) is 5.61. The average Bonchev–Trinajstić information content (AvgIpc) is 3.22. The molecule has 0 aromatic carbocycles. The fourth-order valence-corrected chi connectivity index (χ4v) is 2.73. The topological polar surface area (TPSA) is 85.1 Å². The van der Waals surface area contributed by atoms with Crippen LogP contribution in [0.25, 0.3) is 11.1 Å². The quantitative estimate of drug-likeness (QED) is 0.902. The van der Waals surface area contributed by atoms with Crippen molar-refractivity contribution in [1.82, 2.24) is 9.55 Å². The normalized spacial score (nSPS) is 14.7. The van der Waals surface area contributed by atoms with E-state index in [2.05, 4.69) is 4.98 Å². The first-order chi connectivity index (χ1) is 10.1. The van der Waals surface area contributed by atoms with E-state index in [1.54, 1.807) is 6.92 Å². The Labute approximate surface area is 120 Å². The van der Waals surface area contributed by atoms with Crippen molar-refractivity contribution in [3.05, 3.63) is 42.9 Å². The van der Waals surface area contributed by atoms with Gasteiger partial charge in [0.25, 0.3) is 5.56 Å². The Morgan fingerprint density at radius 1 is 1.33 bits per heavy atom. The number of nitrogens with one attached hydrogen (secondary N) is 1. The van der Waals surface area contributed by atoms with E-state index < -0.39 is 11.3 Å². The van der Waals surface area contributed by atoms with Gasteiger partial charge in [0.2, 0.25) is 5.71 Å². The summed E-state index contributed by atoms with van der Waals surface area (Å²) < 4.78 is 6.10. The van der Waals surface area contributed by atoms with Gasteiger partial charge in [0.05, 0.1) is 0 Å². The van der Waals surface area contributed by atoms with Crippen molar-refractivity contribution in [3.63, 3.8) is 0 Å². The first-order valence-corrected chi connectivity index (χ1v) is 7.40. The van der Waals surface area contributed by atoms with E-state index >= 15 is 0 Å². The molecule has 6 nitrogen and oxygen atoms in total. The molecule has 0 amide bonds. The molecule has 1 aliphatic carbocycles. The van der Waals surface area contributed by atoms with E-state index in [1.165, 1.54) is 18.9 Å². The molecule has 2 aromatic rings. The smallest absolute Gasteiger partial charge is 0.337 e. The summed E-state index contributed by atoms with van der Waals surface area (Å²) in [4.78, 5) is 38.2. The molecule has 1 fully saturated rings. The highest BCUT2D eigenvalue weighted by Gasteiger charge is 2.21. The molecular weight excluding hydrogens is 272 g/mol. The maximum absolute atomic E-state index is 12.4. The van der Waals surface area contributed by atoms with Crippen molar-refractivity contribution in [3.8, 4) is 0 Å². The van der Waals surface area contributed by atoms with Crippen LogP contribution >= 0.6 is 0 Å². The van der Waals surface area contributed by atoms with E-state index in [0.29, 0.717) is 17.4 Å². The molecule has 0 saturated heterocycles. The highest BCUT2D eigenvalue weighted by Crippen LogP contribution is 2.34. The minimum Gasteiger partial charge on any atom is -0.405 e. The number of aryl methyl sites for hydroxylation is 1. The molecule has 2 aromatic heterocycles. The Morgan fingerprint density at radius 2 is 2.10 bits per heavy atom. The molecule has 0 aliphatic heterocycles. The molecule has 21 heavy (non-hydrogen) atoms. The molecule has 0 atom stereocenters. The zero-order valence-electron chi connectivity index (χ0n) is 12.0. The molecule has 0 unspecified atom stereocenters. The van der Waals surface area contributed by atoms with E-state index in [-0.39, 0.29) is 17.8 Å². The van der Waals surface area contributed by atoms with Crippen LogP contribution in [0.1, 0.15) is 38.2 Å². The third kappa shape index (κ3) is 2.70. The average molecular weight is 290 g/mol. The van der Waals surface area contributed by atoms with E-state index in [4.69, 9.17) is 4.42 Å². The van der Waals surface area contributed by atoms with Gasteiger partial charge in [-0.3, -0.25) is 14.3 Å². The van der Waals surface area contributed by atoms with Gasteiger partial charge < -0.3 is 4.42 Å². The predicted octanol–water partition coefficient (Wildman–Crippen LogP) is 1.40. The second-order valence-corrected chi connectivity index (χ2v) is 5.61. The minimum absolute atomic E-state index is 0.0105. The molecule has 0 spiro atoms. The summed E-state index contributed by atoms with van der Waals surface area (Å²) in [5, 5.41) is 0.326. The third-order valence-electron chi connectivity index (χ3n) is 4.04. The summed E-state index contributed by atoms with van der Waals surface area (Å²) in [6.07, 6.45) is 5.28. The Balaban J connectivity index is 2.10. The van der Waals surface area contributed by atoms with Gasteiger partial charge in [0, 0.05) is 12.6 Å². The third-order valence-corrected chi connectivity index (χ3v) is 4.04. The SMILES string of the molecule is CCn1c(=O)[nH]c2oc(=O)cc(CCCC3CC3)c2c1=O. The lowest BCUT2D eigenvalue weighted by atomic mass is 10.1. The van der Waals surface area contributed by atoms with Crippen LogP contribution in [0, 0.1) is 5.92 Å². The van der Waals surface area contributed by atoms with Gasteiger partial charge in [0.15, 0.2) is 0 Å². The van der Waals surface area contributed by atoms with Crippen molar-refractivity contribution in [2.45, 2.75) is 45.6 Å². The summed E-state index contributed by atoms with van der Waals surface area (Å²) in [7, 11) is 0. The second kappa shape index (κ2) is 5.35. The fourth-order valence-electron chi connectivity index (χ4n) is 2.73. The van der Waals surface area contributed by atoms with Gasteiger partial charge in [-0.2, -0.15) is 0 Å². The minimum atomic E-state index is -0.548. The van der Waals surface area contributed by atoms with Gasteiger partial charge >= 0.3 is 11.3 Å². The van der Waals surface area contributed by atoms with Crippen molar-refractivity contribution in [2.75, 3.05) is 0 Å². The van der Waals surface area contributed by atoms with Crippen molar-refractivity contribution >= 4 is 11.1 Å². The maximum Gasteiger partial charge on any atom is 0.337 e. The molecule has 6 heteroatoms. The Hall–Kier alpha value is -2.11.